The van der Waals surface area contributed by atoms with Crippen molar-refractivity contribution in [3.8, 4) is 5.75 Å². The Kier molecular flexibility index (Phi) is 4.09. The van der Waals surface area contributed by atoms with Crippen molar-refractivity contribution < 1.29 is 19.1 Å². The van der Waals surface area contributed by atoms with E-state index in [1.165, 1.54) is 0 Å². The van der Waals surface area contributed by atoms with Gasteiger partial charge >= 0.3 is 5.97 Å². The highest BCUT2D eigenvalue weighted by molar-refractivity contribution is 5.93. The predicted octanol–water partition coefficient (Wildman–Crippen LogP) is 2.42. The van der Waals surface area contributed by atoms with Crippen LogP contribution in [0.4, 0.5) is 0 Å². The number of esters is 1. The molecule has 3 rings (SSSR count). The summed E-state index contributed by atoms with van der Waals surface area (Å²) in [6, 6.07) is 7.19. The van der Waals surface area contributed by atoms with E-state index < -0.39 is 5.97 Å². The minimum absolute atomic E-state index is 0.0159. The van der Waals surface area contributed by atoms with Crippen molar-refractivity contribution in [3.05, 3.63) is 41.6 Å². The van der Waals surface area contributed by atoms with Gasteiger partial charge in [-0.25, -0.2) is 9.80 Å². The molecule has 0 aliphatic carbocycles. The molecule has 0 radical (unpaired) electrons. The van der Waals surface area contributed by atoms with Crippen LogP contribution >= 0.6 is 0 Å². The molecule has 2 aliphatic rings. The maximum atomic E-state index is 12.4. The fraction of sp³-hybridized carbons (Fsp3) is 0.444. The van der Waals surface area contributed by atoms with Gasteiger partial charge in [-0.15, -0.1) is 0 Å². The summed E-state index contributed by atoms with van der Waals surface area (Å²) in [4.78, 5) is 24.8. The van der Waals surface area contributed by atoms with Gasteiger partial charge in [0.1, 0.15) is 5.75 Å². The molecule has 128 valence electrons. The summed E-state index contributed by atoms with van der Waals surface area (Å²) in [5.74, 6) is 0.334. The molecule has 1 atom stereocenters. The van der Waals surface area contributed by atoms with Crippen molar-refractivity contribution in [2.75, 3.05) is 13.7 Å². The molecule has 0 bridgehead atoms. The molecule has 0 spiro atoms. The maximum Gasteiger partial charge on any atom is 0.337 e. The average Bonchev–Trinajstić information content (AvgIpc) is 3.05. The van der Waals surface area contributed by atoms with Crippen LogP contribution in [0, 0.1) is 0 Å². The number of methoxy groups -OCH3 is 1. The van der Waals surface area contributed by atoms with Crippen molar-refractivity contribution in [1.82, 2.24) is 10.0 Å². The van der Waals surface area contributed by atoms with E-state index in [2.05, 4.69) is 0 Å². The lowest BCUT2D eigenvalue weighted by molar-refractivity contribution is -0.140. The number of carbonyl (C=O) groups is 2. The van der Waals surface area contributed by atoms with Crippen LogP contribution in [0.1, 0.15) is 38.8 Å². The standard InChI is InChI=1S/C18H22N2O4/c1-5-24-17(22)14-11-19-15(21)10-18(2,3)20(19)16(14)12-6-8-13(23-4)9-7-12/h6-9,11,16H,5,10H2,1-4H3. The number of fused-ring (bicyclic) bond motifs is 1. The molecule has 6 nitrogen and oxygen atoms in total. The van der Waals surface area contributed by atoms with E-state index in [9.17, 15) is 9.59 Å². The first-order chi connectivity index (χ1) is 11.4. The van der Waals surface area contributed by atoms with E-state index in [-0.39, 0.29) is 17.5 Å². The highest BCUT2D eigenvalue weighted by Crippen LogP contribution is 2.46. The third-order valence-corrected chi connectivity index (χ3v) is 4.43. The molecular weight excluding hydrogens is 308 g/mol. The van der Waals surface area contributed by atoms with E-state index in [4.69, 9.17) is 9.47 Å². The smallest absolute Gasteiger partial charge is 0.337 e. The summed E-state index contributed by atoms with van der Waals surface area (Å²) in [5.41, 5.74) is 1.01. The van der Waals surface area contributed by atoms with Crippen molar-refractivity contribution in [2.45, 2.75) is 38.8 Å². The molecule has 1 saturated heterocycles. The summed E-state index contributed by atoms with van der Waals surface area (Å²) in [5, 5.41) is 3.52. The first-order valence-corrected chi connectivity index (χ1v) is 8.03. The summed E-state index contributed by atoms with van der Waals surface area (Å²) in [7, 11) is 1.61. The number of hydrazine groups is 1. The third kappa shape index (κ3) is 2.57. The fourth-order valence-electron chi connectivity index (χ4n) is 3.37. The van der Waals surface area contributed by atoms with Crippen LogP contribution in [0.5, 0.6) is 5.75 Å². The van der Waals surface area contributed by atoms with E-state index >= 15 is 0 Å². The highest BCUT2D eigenvalue weighted by atomic mass is 16.5. The van der Waals surface area contributed by atoms with Crippen molar-refractivity contribution >= 4 is 11.9 Å². The number of benzene rings is 1. The van der Waals surface area contributed by atoms with Crippen LogP contribution in [-0.2, 0) is 14.3 Å². The van der Waals surface area contributed by atoms with Crippen molar-refractivity contribution in [1.29, 1.82) is 0 Å². The number of hydrogen-bond acceptors (Lipinski definition) is 5. The third-order valence-electron chi connectivity index (χ3n) is 4.43. The molecule has 24 heavy (non-hydrogen) atoms. The average molecular weight is 330 g/mol. The van der Waals surface area contributed by atoms with E-state index in [1.807, 2.05) is 43.1 Å². The Balaban J connectivity index is 2.05. The van der Waals surface area contributed by atoms with Gasteiger partial charge in [-0.05, 0) is 38.5 Å². The van der Waals surface area contributed by atoms with Gasteiger partial charge in [0.15, 0.2) is 0 Å². The minimum atomic E-state index is -0.392. The monoisotopic (exact) mass is 330 g/mol. The van der Waals surface area contributed by atoms with E-state index in [0.717, 1.165) is 11.3 Å². The van der Waals surface area contributed by atoms with Crippen molar-refractivity contribution in [2.24, 2.45) is 0 Å². The van der Waals surface area contributed by atoms with Gasteiger partial charge in [0.25, 0.3) is 0 Å². The Hall–Kier alpha value is -2.34. The first-order valence-electron chi connectivity index (χ1n) is 8.03. The Bertz CT molecular complexity index is 693. The van der Waals surface area contributed by atoms with Crippen LogP contribution in [0.25, 0.3) is 0 Å². The topological polar surface area (TPSA) is 59.1 Å². The second-order valence-electron chi connectivity index (χ2n) is 6.55. The van der Waals surface area contributed by atoms with Crippen LogP contribution in [-0.4, -0.2) is 41.1 Å². The largest absolute Gasteiger partial charge is 0.497 e. The number of nitrogens with zero attached hydrogens (tertiary/aromatic N) is 2. The molecule has 1 unspecified atom stereocenters. The lowest BCUT2D eigenvalue weighted by Crippen LogP contribution is -2.44. The Morgan fingerprint density at radius 1 is 1.29 bits per heavy atom. The van der Waals surface area contributed by atoms with Gasteiger partial charge in [0.2, 0.25) is 5.91 Å². The van der Waals surface area contributed by atoms with Gasteiger partial charge < -0.3 is 9.47 Å². The molecule has 2 aliphatic heterocycles. The van der Waals surface area contributed by atoms with Crippen LogP contribution < -0.4 is 4.74 Å². The van der Waals surface area contributed by atoms with E-state index in [0.29, 0.717) is 18.6 Å². The molecule has 1 amide bonds. The van der Waals surface area contributed by atoms with Crippen LogP contribution in [0.2, 0.25) is 0 Å². The number of carbonyl (C=O) groups excluding carboxylic acids is 2. The van der Waals surface area contributed by atoms with Gasteiger partial charge in [-0.2, -0.15) is 5.01 Å². The molecule has 2 heterocycles. The molecule has 0 N–H and O–H groups in total. The molecule has 1 fully saturated rings. The molecule has 0 saturated carbocycles. The lowest BCUT2D eigenvalue weighted by atomic mass is 9.93. The Morgan fingerprint density at radius 2 is 1.96 bits per heavy atom. The molecular formula is C18H22N2O4. The zero-order chi connectivity index (χ0) is 17.5. The van der Waals surface area contributed by atoms with Gasteiger partial charge in [0.05, 0.1) is 25.3 Å². The zero-order valence-corrected chi connectivity index (χ0v) is 14.4. The quantitative estimate of drug-likeness (QED) is 0.794. The predicted molar refractivity (Wildman–Crippen MR) is 87.8 cm³/mol. The highest BCUT2D eigenvalue weighted by Gasteiger charge is 2.53. The van der Waals surface area contributed by atoms with Gasteiger partial charge in [-0.1, -0.05) is 12.1 Å². The van der Waals surface area contributed by atoms with E-state index in [1.54, 1.807) is 25.2 Å². The molecule has 1 aromatic carbocycles. The molecule has 6 heteroatoms. The summed E-state index contributed by atoms with van der Waals surface area (Å²) in [6.45, 7) is 6.07. The van der Waals surface area contributed by atoms with Gasteiger partial charge in [0, 0.05) is 18.2 Å². The van der Waals surface area contributed by atoms with Crippen LogP contribution in [0.15, 0.2) is 36.0 Å². The Morgan fingerprint density at radius 3 is 2.54 bits per heavy atom. The summed E-state index contributed by atoms with van der Waals surface area (Å²) < 4.78 is 10.4. The number of hydrogen-bond donors (Lipinski definition) is 0. The second-order valence-corrected chi connectivity index (χ2v) is 6.55. The molecule has 0 aromatic heterocycles. The minimum Gasteiger partial charge on any atom is -0.497 e. The first kappa shape index (κ1) is 16.5. The zero-order valence-electron chi connectivity index (χ0n) is 14.4. The second kappa shape index (κ2) is 5.94. The molecule has 1 aromatic rings. The number of ether oxygens (including phenoxy) is 2. The maximum absolute atomic E-state index is 12.4. The Labute approximate surface area is 141 Å². The summed E-state index contributed by atoms with van der Waals surface area (Å²) >= 11 is 0. The number of rotatable bonds is 4. The normalized spacial score (nSPS) is 22.3. The lowest BCUT2D eigenvalue weighted by Gasteiger charge is -2.36. The van der Waals surface area contributed by atoms with Crippen molar-refractivity contribution in [3.63, 3.8) is 0 Å². The SMILES string of the molecule is CCOC(=O)C1=CN2C(=O)CC(C)(C)N2C1c1ccc(OC)cc1. The number of amides is 1. The summed E-state index contributed by atoms with van der Waals surface area (Å²) in [6.07, 6.45) is 2.02. The fourth-order valence-corrected chi connectivity index (χ4v) is 3.37. The van der Waals surface area contributed by atoms with Gasteiger partial charge in [-0.3, -0.25) is 4.79 Å². The van der Waals surface area contributed by atoms with Crippen LogP contribution in [0.3, 0.4) is 0 Å².